The largest absolute Gasteiger partial charge is 0.488 e. The van der Waals surface area contributed by atoms with E-state index in [1.165, 1.54) is 12.1 Å². The van der Waals surface area contributed by atoms with Crippen LogP contribution in [0.25, 0.3) is 0 Å². The molecule has 0 bridgehead atoms. The fourth-order valence-electron chi connectivity index (χ4n) is 1.28. The molecule has 0 aliphatic carbocycles. The molecule has 1 aromatic carbocycles. The minimum atomic E-state index is -1.73. The van der Waals surface area contributed by atoms with Crippen molar-refractivity contribution in [2.45, 2.75) is 6.92 Å². The summed E-state index contributed by atoms with van der Waals surface area (Å²) in [5.41, 5.74) is 0.898. The number of carboxylic acid groups (broad SMARTS) is 1. The van der Waals surface area contributed by atoms with E-state index in [9.17, 15) is 4.79 Å². The van der Waals surface area contributed by atoms with E-state index < -0.39 is 13.1 Å². The van der Waals surface area contributed by atoms with Crippen LogP contribution in [-0.4, -0.2) is 28.2 Å². The van der Waals surface area contributed by atoms with Crippen molar-refractivity contribution in [2.24, 2.45) is 0 Å². The van der Waals surface area contributed by atoms with Crippen molar-refractivity contribution >= 4 is 18.6 Å². The summed E-state index contributed by atoms with van der Waals surface area (Å²) in [4.78, 5) is 10.7. The topological polar surface area (TPSA) is 77.8 Å². The highest BCUT2D eigenvalue weighted by atomic mass is 16.4. The van der Waals surface area contributed by atoms with Gasteiger partial charge in [0.15, 0.2) is 0 Å². The molecule has 0 radical (unpaired) electrons. The third-order valence-corrected chi connectivity index (χ3v) is 2.13. The van der Waals surface area contributed by atoms with E-state index in [-0.39, 0.29) is 11.0 Å². The normalized spacial score (nSPS) is 9.47. The van der Waals surface area contributed by atoms with Crippen molar-refractivity contribution in [1.82, 2.24) is 0 Å². The molecule has 3 N–H and O–H groups in total. The Kier molecular flexibility index (Phi) is 3.15. The molecule has 0 fully saturated rings. The van der Waals surface area contributed by atoms with Crippen molar-refractivity contribution in [3.63, 3.8) is 0 Å². The first-order chi connectivity index (χ1) is 6.97. The fourth-order valence-corrected chi connectivity index (χ4v) is 1.28. The monoisotopic (exact) mass is 204 g/mol. The number of terminal acetylenes is 1. The van der Waals surface area contributed by atoms with Gasteiger partial charge in [0.25, 0.3) is 0 Å². The lowest BCUT2D eigenvalue weighted by Gasteiger charge is -2.08. The number of carbonyl (C=O) groups is 1. The van der Waals surface area contributed by atoms with E-state index in [4.69, 9.17) is 21.6 Å². The second-order valence-corrected chi connectivity index (χ2v) is 3.06. The standard InChI is InChI=1S/C10H9BO4/c1-3-7-4-8(10(12)13)5-9(6(7)2)11(14)15/h1,4-5,14-15H,2H3,(H,12,13). The van der Waals surface area contributed by atoms with Gasteiger partial charge in [-0.1, -0.05) is 5.92 Å². The van der Waals surface area contributed by atoms with E-state index in [1.807, 2.05) is 0 Å². The van der Waals surface area contributed by atoms with Crippen LogP contribution in [0.2, 0.25) is 0 Å². The van der Waals surface area contributed by atoms with Crippen molar-refractivity contribution in [1.29, 1.82) is 0 Å². The summed E-state index contributed by atoms with van der Waals surface area (Å²) in [6.07, 6.45) is 5.18. The van der Waals surface area contributed by atoms with Gasteiger partial charge in [0.05, 0.1) is 5.56 Å². The van der Waals surface area contributed by atoms with Gasteiger partial charge in [0.1, 0.15) is 0 Å². The molecule has 0 saturated carbocycles. The summed E-state index contributed by atoms with van der Waals surface area (Å²) in [5.74, 6) is 1.14. The van der Waals surface area contributed by atoms with Gasteiger partial charge in [0.2, 0.25) is 0 Å². The Labute approximate surface area is 87.3 Å². The average molecular weight is 204 g/mol. The Morgan fingerprint density at radius 2 is 2.07 bits per heavy atom. The molecular weight excluding hydrogens is 195 g/mol. The molecule has 76 valence electrons. The molecule has 0 atom stereocenters. The highest BCUT2D eigenvalue weighted by Gasteiger charge is 2.18. The number of aromatic carboxylic acids is 1. The third-order valence-electron chi connectivity index (χ3n) is 2.13. The predicted molar refractivity (Wildman–Crippen MR) is 55.9 cm³/mol. The summed E-state index contributed by atoms with van der Waals surface area (Å²) in [5, 5.41) is 26.8. The Morgan fingerprint density at radius 3 is 2.47 bits per heavy atom. The summed E-state index contributed by atoms with van der Waals surface area (Å²) < 4.78 is 0. The number of hydrogen-bond donors (Lipinski definition) is 3. The molecule has 0 aliphatic heterocycles. The van der Waals surface area contributed by atoms with Crippen LogP contribution in [0.5, 0.6) is 0 Å². The van der Waals surface area contributed by atoms with Crippen molar-refractivity contribution < 1.29 is 19.9 Å². The van der Waals surface area contributed by atoms with Crippen molar-refractivity contribution in [2.75, 3.05) is 0 Å². The molecular formula is C10H9BO4. The lowest BCUT2D eigenvalue weighted by Crippen LogP contribution is -2.33. The molecule has 0 unspecified atom stereocenters. The predicted octanol–water partition coefficient (Wildman–Crippen LogP) is -0.646. The smallest absolute Gasteiger partial charge is 0.478 e. The SMILES string of the molecule is C#Cc1cc(C(=O)O)cc(B(O)O)c1C. The zero-order valence-electron chi connectivity index (χ0n) is 8.06. The molecule has 0 saturated heterocycles. The first-order valence-corrected chi connectivity index (χ1v) is 4.18. The highest BCUT2D eigenvalue weighted by Crippen LogP contribution is 2.08. The lowest BCUT2D eigenvalue weighted by atomic mass is 9.75. The number of rotatable bonds is 2. The first kappa shape index (κ1) is 11.3. The van der Waals surface area contributed by atoms with Crippen LogP contribution in [0.3, 0.4) is 0 Å². The van der Waals surface area contributed by atoms with E-state index in [0.717, 1.165) is 0 Å². The Morgan fingerprint density at radius 1 is 1.47 bits per heavy atom. The van der Waals surface area contributed by atoms with Gasteiger partial charge >= 0.3 is 13.1 Å². The zero-order valence-corrected chi connectivity index (χ0v) is 8.06. The van der Waals surface area contributed by atoms with Crippen molar-refractivity contribution in [3.8, 4) is 12.3 Å². The maximum absolute atomic E-state index is 10.7. The maximum Gasteiger partial charge on any atom is 0.488 e. The molecule has 5 heteroatoms. The molecule has 0 heterocycles. The summed E-state index contributed by atoms with van der Waals surface area (Å²) in [7, 11) is -1.73. The average Bonchev–Trinajstić information content (AvgIpc) is 2.17. The van der Waals surface area contributed by atoms with Crippen LogP contribution in [-0.2, 0) is 0 Å². The van der Waals surface area contributed by atoms with Gasteiger partial charge in [-0.05, 0) is 30.1 Å². The highest BCUT2D eigenvalue weighted by molar-refractivity contribution is 6.59. The quantitative estimate of drug-likeness (QED) is 0.442. The van der Waals surface area contributed by atoms with Crippen LogP contribution < -0.4 is 5.46 Å². The summed E-state index contributed by atoms with van der Waals surface area (Å²) >= 11 is 0. The number of benzene rings is 1. The van der Waals surface area contributed by atoms with E-state index in [2.05, 4.69) is 5.92 Å². The van der Waals surface area contributed by atoms with Gasteiger partial charge < -0.3 is 15.2 Å². The van der Waals surface area contributed by atoms with Crippen LogP contribution in [0.1, 0.15) is 21.5 Å². The van der Waals surface area contributed by atoms with Gasteiger partial charge in [0, 0.05) is 5.56 Å². The molecule has 4 nitrogen and oxygen atoms in total. The molecule has 0 amide bonds. The van der Waals surface area contributed by atoms with Crippen LogP contribution in [0.4, 0.5) is 0 Å². The number of hydrogen-bond acceptors (Lipinski definition) is 3. The summed E-state index contributed by atoms with van der Waals surface area (Å²) in [6, 6.07) is 2.52. The number of carboxylic acids is 1. The van der Waals surface area contributed by atoms with Crippen LogP contribution >= 0.6 is 0 Å². The Bertz CT molecular complexity index is 445. The second kappa shape index (κ2) is 4.17. The van der Waals surface area contributed by atoms with Crippen LogP contribution in [0.15, 0.2) is 12.1 Å². The van der Waals surface area contributed by atoms with Gasteiger partial charge in [-0.15, -0.1) is 6.42 Å². The molecule has 0 aliphatic rings. The zero-order chi connectivity index (χ0) is 11.6. The van der Waals surface area contributed by atoms with E-state index in [1.54, 1.807) is 6.92 Å². The van der Waals surface area contributed by atoms with Gasteiger partial charge in [-0.2, -0.15) is 0 Å². The second-order valence-electron chi connectivity index (χ2n) is 3.06. The maximum atomic E-state index is 10.7. The third kappa shape index (κ3) is 2.18. The minimum Gasteiger partial charge on any atom is -0.478 e. The van der Waals surface area contributed by atoms with E-state index >= 15 is 0 Å². The van der Waals surface area contributed by atoms with Gasteiger partial charge in [-0.25, -0.2) is 4.79 Å². The van der Waals surface area contributed by atoms with E-state index in [0.29, 0.717) is 11.1 Å². The minimum absolute atomic E-state index is 0.0587. The molecule has 0 spiro atoms. The summed E-state index contributed by atoms with van der Waals surface area (Å²) in [6.45, 7) is 1.61. The Balaban J connectivity index is 3.47. The fraction of sp³-hybridized carbons (Fsp3) is 0.100. The van der Waals surface area contributed by atoms with Crippen molar-refractivity contribution in [3.05, 3.63) is 28.8 Å². The molecule has 0 aromatic heterocycles. The molecule has 15 heavy (non-hydrogen) atoms. The lowest BCUT2D eigenvalue weighted by molar-refractivity contribution is 0.0697. The van der Waals surface area contributed by atoms with Crippen LogP contribution in [0, 0.1) is 19.3 Å². The molecule has 1 rings (SSSR count). The molecule has 1 aromatic rings. The van der Waals surface area contributed by atoms with Gasteiger partial charge in [-0.3, -0.25) is 0 Å². The Hall–Kier alpha value is -1.77. The first-order valence-electron chi connectivity index (χ1n) is 4.18.